The number of rotatable bonds is 2. The lowest BCUT2D eigenvalue weighted by Gasteiger charge is -2.38. The smallest absolute Gasteiger partial charge is 0.0339 e. The van der Waals surface area contributed by atoms with Crippen LogP contribution in [0.3, 0.4) is 0 Å². The van der Waals surface area contributed by atoms with Gasteiger partial charge in [0, 0.05) is 18.5 Å². The molecule has 1 saturated heterocycles. The molecule has 0 aromatic carbocycles. The summed E-state index contributed by atoms with van der Waals surface area (Å²) in [6, 6.07) is 0. The van der Waals surface area contributed by atoms with E-state index >= 15 is 0 Å². The van der Waals surface area contributed by atoms with Gasteiger partial charge < -0.3 is 4.90 Å². The number of alkyl halides is 1. The summed E-state index contributed by atoms with van der Waals surface area (Å²) in [4.78, 5) is 2.68. The Balaban J connectivity index is 1.76. The van der Waals surface area contributed by atoms with Crippen LogP contribution < -0.4 is 0 Å². The highest BCUT2D eigenvalue weighted by Crippen LogP contribution is 2.30. The van der Waals surface area contributed by atoms with E-state index in [1.807, 2.05) is 0 Å². The Morgan fingerprint density at radius 2 is 1.94 bits per heavy atom. The predicted octanol–water partition coefficient (Wildman–Crippen LogP) is 3.76. The highest BCUT2D eigenvalue weighted by atomic mass is 35.5. The third kappa shape index (κ3) is 3.37. The molecule has 1 aliphatic heterocycles. The molecule has 4 atom stereocenters. The van der Waals surface area contributed by atoms with Gasteiger partial charge in [0.25, 0.3) is 0 Å². The number of halogens is 1. The molecule has 2 heteroatoms. The lowest BCUT2D eigenvalue weighted by atomic mass is 9.85. The molecule has 0 bridgehead atoms. The zero-order chi connectivity index (χ0) is 11.5. The van der Waals surface area contributed by atoms with Crippen molar-refractivity contribution in [1.29, 1.82) is 0 Å². The van der Waals surface area contributed by atoms with Crippen molar-refractivity contribution in [2.75, 3.05) is 19.6 Å². The van der Waals surface area contributed by atoms with Crippen molar-refractivity contribution in [1.82, 2.24) is 4.90 Å². The van der Waals surface area contributed by atoms with E-state index in [-0.39, 0.29) is 0 Å². The fourth-order valence-electron chi connectivity index (χ4n) is 3.27. The maximum absolute atomic E-state index is 6.26. The first-order valence-corrected chi connectivity index (χ1v) is 7.45. The van der Waals surface area contributed by atoms with Crippen LogP contribution in [0.5, 0.6) is 0 Å². The Labute approximate surface area is 106 Å². The molecular formula is C14H26ClN. The highest BCUT2D eigenvalue weighted by molar-refractivity contribution is 6.20. The summed E-state index contributed by atoms with van der Waals surface area (Å²) in [7, 11) is 0. The van der Waals surface area contributed by atoms with Crippen molar-refractivity contribution >= 4 is 11.6 Å². The van der Waals surface area contributed by atoms with E-state index in [1.54, 1.807) is 0 Å². The number of nitrogens with zero attached hydrogens (tertiary/aromatic N) is 1. The maximum atomic E-state index is 6.26. The Morgan fingerprint density at radius 1 is 1.12 bits per heavy atom. The molecular weight excluding hydrogens is 218 g/mol. The zero-order valence-corrected chi connectivity index (χ0v) is 11.5. The minimum absolute atomic E-state index is 0.458. The van der Waals surface area contributed by atoms with Crippen molar-refractivity contribution < 1.29 is 0 Å². The van der Waals surface area contributed by atoms with Crippen molar-refractivity contribution in [2.45, 2.75) is 51.3 Å². The van der Waals surface area contributed by atoms with Crippen LogP contribution in [-0.2, 0) is 0 Å². The molecule has 0 N–H and O–H groups in total. The summed E-state index contributed by atoms with van der Waals surface area (Å²) < 4.78 is 0. The summed E-state index contributed by atoms with van der Waals surface area (Å²) in [5, 5.41) is 0.458. The largest absolute Gasteiger partial charge is 0.303 e. The number of piperidine rings is 1. The molecule has 0 aromatic rings. The highest BCUT2D eigenvalue weighted by Gasteiger charge is 2.26. The van der Waals surface area contributed by atoms with Crippen molar-refractivity contribution in [3.63, 3.8) is 0 Å². The van der Waals surface area contributed by atoms with E-state index in [0.717, 1.165) is 17.8 Å². The molecule has 2 rings (SSSR count). The van der Waals surface area contributed by atoms with Crippen LogP contribution in [0.15, 0.2) is 0 Å². The second-order valence-electron chi connectivity index (χ2n) is 6.13. The molecule has 0 spiro atoms. The van der Waals surface area contributed by atoms with Crippen LogP contribution in [-0.4, -0.2) is 29.9 Å². The van der Waals surface area contributed by atoms with Crippen molar-refractivity contribution in [3.05, 3.63) is 0 Å². The number of likely N-dealkylation sites (tertiary alicyclic amines) is 1. The van der Waals surface area contributed by atoms with Gasteiger partial charge in [-0.1, -0.05) is 20.3 Å². The summed E-state index contributed by atoms with van der Waals surface area (Å²) in [5.74, 6) is 2.67. The summed E-state index contributed by atoms with van der Waals surface area (Å²) >= 11 is 6.26. The van der Waals surface area contributed by atoms with Gasteiger partial charge in [-0.25, -0.2) is 0 Å². The first kappa shape index (κ1) is 12.7. The molecule has 0 amide bonds. The summed E-state index contributed by atoms with van der Waals surface area (Å²) in [6.07, 6.45) is 6.63. The molecule has 1 saturated carbocycles. The van der Waals surface area contributed by atoms with Crippen LogP contribution in [0.2, 0.25) is 0 Å². The predicted molar refractivity (Wildman–Crippen MR) is 71.0 cm³/mol. The fourth-order valence-corrected chi connectivity index (χ4v) is 3.68. The van der Waals surface area contributed by atoms with Crippen LogP contribution in [0, 0.1) is 17.8 Å². The van der Waals surface area contributed by atoms with Gasteiger partial charge >= 0.3 is 0 Å². The average molecular weight is 244 g/mol. The Hall–Kier alpha value is 0.250. The quantitative estimate of drug-likeness (QED) is 0.668. The average Bonchev–Trinajstić information content (AvgIpc) is 2.24. The van der Waals surface area contributed by atoms with E-state index < -0.39 is 0 Å². The SMILES string of the molecule is CC1CCN(CC2CCCC(Cl)C2)CC1C. The third-order valence-corrected chi connectivity index (χ3v) is 5.05. The molecule has 2 aliphatic rings. The van der Waals surface area contributed by atoms with Gasteiger partial charge in [-0.2, -0.15) is 0 Å². The minimum atomic E-state index is 0.458. The lowest BCUT2D eigenvalue weighted by molar-refractivity contribution is 0.111. The number of hydrogen-bond acceptors (Lipinski definition) is 1. The van der Waals surface area contributed by atoms with Crippen LogP contribution >= 0.6 is 11.6 Å². The number of hydrogen-bond donors (Lipinski definition) is 0. The Bertz CT molecular complexity index is 219. The third-order valence-electron chi connectivity index (χ3n) is 4.65. The van der Waals surface area contributed by atoms with Crippen molar-refractivity contribution in [3.8, 4) is 0 Å². The fraction of sp³-hybridized carbons (Fsp3) is 1.00. The molecule has 4 unspecified atom stereocenters. The van der Waals surface area contributed by atoms with Gasteiger partial charge in [0.05, 0.1) is 0 Å². The van der Waals surface area contributed by atoms with E-state index in [1.165, 1.54) is 51.7 Å². The van der Waals surface area contributed by atoms with Crippen LogP contribution in [0.1, 0.15) is 46.0 Å². The Morgan fingerprint density at radius 3 is 2.62 bits per heavy atom. The van der Waals surface area contributed by atoms with Gasteiger partial charge in [0.15, 0.2) is 0 Å². The van der Waals surface area contributed by atoms with Gasteiger partial charge in [-0.05, 0) is 50.0 Å². The minimum Gasteiger partial charge on any atom is -0.303 e. The van der Waals surface area contributed by atoms with Crippen LogP contribution in [0.4, 0.5) is 0 Å². The second kappa shape index (κ2) is 5.73. The molecule has 1 heterocycles. The maximum Gasteiger partial charge on any atom is 0.0339 e. The lowest BCUT2D eigenvalue weighted by Crippen LogP contribution is -2.41. The molecule has 0 radical (unpaired) electrons. The van der Waals surface area contributed by atoms with Gasteiger partial charge in [-0.15, -0.1) is 11.6 Å². The molecule has 1 aliphatic carbocycles. The normalized spacial score (nSPS) is 42.2. The van der Waals surface area contributed by atoms with Gasteiger partial charge in [-0.3, -0.25) is 0 Å². The van der Waals surface area contributed by atoms with Gasteiger partial charge in [0.2, 0.25) is 0 Å². The molecule has 2 fully saturated rings. The van der Waals surface area contributed by atoms with E-state index in [4.69, 9.17) is 11.6 Å². The second-order valence-corrected chi connectivity index (χ2v) is 6.75. The molecule has 16 heavy (non-hydrogen) atoms. The Kier molecular flexibility index (Phi) is 4.55. The standard InChI is InChI=1S/C14H26ClN/c1-11-6-7-16(9-12(11)2)10-13-4-3-5-14(15)8-13/h11-14H,3-10H2,1-2H3. The molecule has 94 valence electrons. The molecule has 0 aromatic heterocycles. The summed E-state index contributed by atoms with van der Waals surface area (Å²) in [6.45, 7) is 8.74. The topological polar surface area (TPSA) is 3.24 Å². The monoisotopic (exact) mass is 243 g/mol. The summed E-state index contributed by atoms with van der Waals surface area (Å²) in [5.41, 5.74) is 0. The molecule has 1 nitrogen and oxygen atoms in total. The van der Waals surface area contributed by atoms with E-state index in [2.05, 4.69) is 18.7 Å². The van der Waals surface area contributed by atoms with Crippen molar-refractivity contribution in [2.24, 2.45) is 17.8 Å². The van der Waals surface area contributed by atoms with E-state index in [0.29, 0.717) is 5.38 Å². The van der Waals surface area contributed by atoms with E-state index in [9.17, 15) is 0 Å². The first-order valence-electron chi connectivity index (χ1n) is 7.01. The van der Waals surface area contributed by atoms with Gasteiger partial charge in [0.1, 0.15) is 0 Å². The van der Waals surface area contributed by atoms with Crippen LogP contribution in [0.25, 0.3) is 0 Å². The first-order chi connectivity index (χ1) is 7.65. The zero-order valence-electron chi connectivity index (χ0n) is 10.8.